The van der Waals surface area contributed by atoms with Gasteiger partial charge in [0.05, 0.1) is 11.1 Å². The molecular weight excluding hydrogens is 248 g/mol. The van der Waals surface area contributed by atoms with Gasteiger partial charge in [0, 0.05) is 6.42 Å². The van der Waals surface area contributed by atoms with Gasteiger partial charge in [-0.3, -0.25) is 0 Å². The van der Waals surface area contributed by atoms with Crippen LogP contribution in [-0.4, -0.2) is 28.4 Å². The Hall–Kier alpha value is -1.88. The lowest BCUT2D eigenvalue weighted by atomic mass is 10.1. The molecule has 0 aliphatic rings. The SMILES string of the molecule is CCCCCC(O)OC(=O)c1ccc(C(=O)O)cc1. The summed E-state index contributed by atoms with van der Waals surface area (Å²) in [5.41, 5.74) is 0.319. The molecule has 0 amide bonds. The lowest BCUT2D eigenvalue weighted by molar-refractivity contribution is -0.0693. The summed E-state index contributed by atoms with van der Waals surface area (Å²) in [6, 6.07) is 5.37. The van der Waals surface area contributed by atoms with Crippen LogP contribution in [0.1, 0.15) is 53.3 Å². The molecule has 19 heavy (non-hydrogen) atoms. The monoisotopic (exact) mass is 266 g/mol. The smallest absolute Gasteiger partial charge is 0.340 e. The third kappa shape index (κ3) is 5.09. The van der Waals surface area contributed by atoms with E-state index in [1.807, 2.05) is 6.92 Å². The summed E-state index contributed by atoms with van der Waals surface area (Å²) in [5.74, 6) is -1.71. The highest BCUT2D eigenvalue weighted by atomic mass is 16.6. The molecule has 1 atom stereocenters. The number of carbonyl (C=O) groups is 2. The lowest BCUT2D eigenvalue weighted by Crippen LogP contribution is -2.17. The van der Waals surface area contributed by atoms with Gasteiger partial charge in [-0.25, -0.2) is 9.59 Å². The molecular formula is C14H18O5. The number of aliphatic hydroxyl groups is 1. The Balaban J connectivity index is 2.51. The van der Waals surface area contributed by atoms with Gasteiger partial charge in [0.25, 0.3) is 0 Å². The van der Waals surface area contributed by atoms with E-state index in [1.54, 1.807) is 0 Å². The maximum atomic E-state index is 11.6. The van der Waals surface area contributed by atoms with Crippen LogP contribution in [-0.2, 0) is 4.74 Å². The standard InChI is InChI=1S/C14H18O5/c1-2-3-4-5-12(15)19-14(18)11-8-6-10(7-9-11)13(16)17/h6-9,12,15H,2-5H2,1H3,(H,16,17). The van der Waals surface area contributed by atoms with Crippen molar-refractivity contribution in [2.75, 3.05) is 0 Å². The minimum absolute atomic E-state index is 0.0973. The summed E-state index contributed by atoms with van der Waals surface area (Å²) in [6.45, 7) is 2.04. The molecule has 0 heterocycles. The van der Waals surface area contributed by atoms with E-state index in [4.69, 9.17) is 9.84 Å². The van der Waals surface area contributed by atoms with Gasteiger partial charge in [-0.05, 0) is 30.7 Å². The number of hydrogen-bond donors (Lipinski definition) is 2. The Labute approximate surface area is 111 Å². The second-order valence-corrected chi connectivity index (χ2v) is 4.24. The van der Waals surface area contributed by atoms with Crippen LogP contribution in [0.15, 0.2) is 24.3 Å². The summed E-state index contributed by atoms with van der Waals surface area (Å²) < 4.78 is 4.85. The lowest BCUT2D eigenvalue weighted by Gasteiger charge is -2.11. The molecule has 0 fully saturated rings. The zero-order valence-corrected chi connectivity index (χ0v) is 10.8. The average Bonchev–Trinajstić information content (AvgIpc) is 2.39. The van der Waals surface area contributed by atoms with E-state index in [0.29, 0.717) is 6.42 Å². The van der Waals surface area contributed by atoms with E-state index in [0.717, 1.165) is 19.3 Å². The minimum atomic E-state index is -1.11. The molecule has 5 nitrogen and oxygen atoms in total. The van der Waals surface area contributed by atoms with Crippen molar-refractivity contribution >= 4 is 11.9 Å². The first-order valence-electron chi connectivity index (χ1n) is 6.27. The molecule has 0 aliphatic carbocycles. The molecule has 0 spiro atoms. The molecule has 0 radical (unpaired) electrons. The number of hydrogen-bond acceptors (Lipinski definition) is 4. The second kappa shape index (κ2) is 7.53. The molecule has 5 heteroatoms. The average molecular weight is 266 g/mol. The largest absolute Gasteiger partial charge is 0.478 e. The predicted octanol–water partition coefficient (Wildman–Crippen LogP) is 2.44. The van der Waals surface area contributed by atoms with Gasteiger partial charge in [-0.1, -0.05) is 19.8 Å². The normalized spacial score (nSPS) is 11.9. The summed E-state index contributed by atoms with van der Waals surface area (Å²) in [5, 5.41) is 18.2. The molecule has 2 N–H and O–H groups in total. The van der Waals surface area contributed by atoms with Crippen LogP contribution >= 0.6 is 0 Å². The van der Waals surface area contributed by atoms with E-state index < -0.39 is 18.2 Å². The Bertz CT molecular complexity index is 424. The maximum absolute atomic E-state index is 11.6. The molecule has 1 unspecified atom stereocenters. The molecule has 104 valence electrons. The van der Waals surface area contributed by atoms with Crippen LogP contribution in [0, 0.1) is 0 Å². The number of benzene rings is 1. The molecule has 0 saturated carbocycles. The quantitative estimate of drug-likeness (QED) is 0.450. The summed E-state index contributed by atoms with van der Waals surface area (Å²) in [6.07, 6.45) is 2.09. The highest BCUT2D eigenvalue weighted by molar-refractivity contribution is 5.92. The molecule has 0 aromatic heterocycles. The zero-order chi connectivity index (χ0) is 14.3. The first-order chi connectivity index (χ1) is 9.04. The van der Waals surface area contributed by atoms with Gasteiger partial charge in [0.15, 0.2) is 0 Å². The van der Waals surface area contributed by atoms with Crippen LogP contribution in [0.2, 0.25) is 0 Å². The summed E-state index contributed by atoms with van der Waals surface area (Å²) in [7, 11) is 0. The van der Waals surface area contributed by atoms with Crippen molar-refractivity contribution in [1.82, 2.24) is 0 Å². The Morgan fingerprint density at radius 1 is 1.16 bits per heavy atom. The van der Waals surface area contributed by atoms with Gasteiger partial charge in [-0.15, -0.1) is 0 Å². The van der Waals surface area contributed by atoms with Crippen LogP contribution < -0.4 is 0 Å². The predicted molar refractivity (Wildman–Crippen MR) is 69.0 cm³/mol. The fourth-order valence-electron chi connectivity index (χ4n) is 1.57. The number of aromatic carboxylic acids is 1. The number of esters is 1. The van der Waals surface area contributed by atoms with E-state index in [1.165, 1.54) is 24.3 Å². The zero-order valence-electron chi connectivity index (χ0n) is 10.8. The van der Waals surface area contributed by atoms with E-state index >= 15 is 0 Å². The summed E-state index contributed by atoms with van der Waals surface area (Å²) >= 11 is 0. The van der Waals surface area contributed by atoms with Crippen LogP contribution in [0.25, 0.3) is 0 Å². The van der Waals surface area contributed by atoms with Gasteiger partial charge >= 0.3 is 11.9 Å². The number of carbonyl (C=O) groups excluding carboxylic acids is 1. The maximum Gasteiger partial charge on any atom is 0.340 e. The highest BCUT2D eigenvalue weighted by Gasteiger charge is 2.13. The number of ether oxygens (including phenoxy) is 1. The summed E-state index contributed by atoms with van der Waals surface area (Å²) in [4.78, 5) is 22.3. The first-order valence-corrected chi connectivity index (χ1v) is 6.27. The number of unbranched alkanes of at least 4 members (excludes halogenated alkanes) is 2. The molecule has 0 aliphatic heterocycles. The second-order valence-electron chi connectivity index (χ2n) is 4.24. The van der Waals surface area contributed by atoms with Crippen molar-refractivity contribution in [3.05, 3.63) is 35.4 Å². The van der Waals surface area contributed by atoms with E-state index in [9.17, 15) is 14.7 Å². The van der Waals surface area contributed by atoms with Crippen molar-refractivity contribution < 1.29 is 24.5 Å². The Morgan fingerprint density at radius 3 is 2.26 bits per heavy atom. The number of aliphatic hydroxyl groups excluding tert-OH is 1. The first kappa shape index (κ1) is 15.2. The van der Waals surface area contributed by atoms with Gasteiger partial charge < -0.3 is 14.9 Å². The van der Waals surface area contributed by atoms with Crippen molar-refractivity contribution in [2.45, 2.75) is 38.9 Å². The number of carboxylic acid groups (broad SMARTS) is 1. The third-order valence-electron chi connectivity index (χ3n) is 2.67. The van der Waals surface area contributed by atoms with E-state index in [2.05, 4.69) is 0 Å². The molecule has 0 bridgehead atoms. The van der Waals surface area contributed by atoms with Crippen molar-refractivity contribution in [3.8, 4) is 0 Å². The van der Waals surface area contributed by atoms with Gasteiger partial charge in [-0.2, -0.15) is 0 Å². The minimum Gasteiger partial charge on any atom is -0.478 e. The fourth-order valence-corrected chi connectivity index (χ4v) is 1.57. The van der Waals surface area contributed by atoms with Crippen LogP contribution in [0.5, 0.6) is 0 Å². The molecule has 1 rings (SSSR count). The van der Waals surface area contributed by atoms with E-state index in [-0.39, 0.29) is 11.1 Å². The van der Waals surface area contributed by atoms with Gasteiger partial charge in [0.2, 0.25) is 6.29 Å². The highest BCUT2D eigenvalue weighted by Crippen LogP contribution is 2.10. The van der Waals surface area contributed by atoms with Crippen molar-refractivity contribution in [1.29, 1.82) is 0 Å². The molecule has 1 aromatic rings. The van der Waals surface area contributed by atoms with Crippen molar-refractivity contribution in [3.63, 3.8) is 0 Å². The Morgan fingerprint density at radius 2 is 1.74 bits per heavy atom. The topological polar surface area (TPSA) is 83.8 Å². The fraction of sp³-hybridized carbons (Fsp3) is 0.429. The third-order valence-corrected chi connectivity index (χ3v) is 2.67. The number of rotatable bonds is 7. The van der Waals surface area contributed by atoms with Crippen molar-refractivity contribution in [2.24, 2.45) is 0 Å². The van der Waals surface area contributed by atoms with Crippen LogP contribution in [0.4, 0.5) is 0 Å². The number of carboxylic acids is 1. The molecule has 0 saturated heterocycles. The van der Waals surface area contributed by atoms with Gasteiger partial charge in [0.1, 0.15) is 0 Å². The van der Waals surface area contributed by atoms with Crippen LogP contribution in [0.3, 0.4) is 0 Å². The molecule has 1 aromatic carbocycles. The Kier molecular flexibility index (Phi) is 6.02.